The van der Waals surface area contributed by atoms with Crippen LogP contribution in [0.25, 0.3) is 6.08 Å². The first kappa shape index (κ1) is 22.5. The SMILES string of the molecule is COC(=O)C=Cc1cc(CCO)cc2c1CCC(NS(=O)(=O)c1ccc(Cl)cc1)C2. The van der Waals surface area contributed by atoms with E-state index in [2.05, 4.69) is 9.46 Å². The molecule has 2 aromatic carbocycles. The number of benzene rings is 2. The van der Waals surface area contributed by atoms with Crippen LogP contribution in [0.5, 0.6) is 0 Å². The van der Waals surface area contributed by atoms with E-state index < -0.39 is 16.0 Å². The number of carbonyl (C=O) groups excluding carboxylic acids is 1. The summed E-state index contributed by atoms with van der Waals surface area (Å²) in [5.41, 5.74) is 3.92. The molecule has 0 saturated carbocycles. The van der Waals surface area contributed by atoms with Gasteiger partial charge < -0.3 is 9.84 Å². The molecule has 2 N–H and O–H groups in total. The lowest BCUT2D eigenvalue weighted by molar-refractivity contribution is -0.134. The maximum absolute atomic E-state index is 12.7. The lowest BCUT2D eigenvalue weighted by Crippen LogP contribution is -2.39. The van der Waals surface area contributed by atoms with Gasteiger partial charge in [-0.3, -0.25) is 0 Å². The predicted octanol–water partition coefficient (Wildman–Crippen LogP) is 2.90. The molecule has 160 valence electrons. The summed E-state index contributed by atoms with van der Waals surface area (Å²) in [5, 5.41) is 9.80. The summed E-state index contributed by atoms with van der Waals surface area (Å²) < 4.78 is 32.9. The van der Waals surface area contributed by atoms with Crippen LogP contribution in [0.2, 0.25) is 5.02 Å². The molecule has 0 aliphatic heterocycles. The summed E-state index contributed by atoms with van der Waals surface area (Å²) in [6.07, 6.45) is 5.40. The quantitative estimate of drug-likeness (QED) is 0.501. The van der Waals surface area contributed by atoms with Gasteiger partial charge in [-0.25, -0.2) is 17.9 Å². The highest BCUT2D eigenvalue weighted by molar-refractivity contribution is 7.89. The minimum Gasteiger partial charge on any atom is -0.466 e. The van der Waals surface area contributed by atoms with Crippen molar-refractivity contribution in [3.63, 3.8) is 0 Å². The van der Waals surface area contributed by atoms with Crippen LogP contribution in [-0.4, -0.2) is 39.3 Å². The van der Waals surface area contributed by atoms with Gasteiger partial charge in [0.25, 0.3) is 0 Å². The molecule has 0 amide bonds. The Balaban J connectivity index is 1.85. The third-order valence-corrected chi connectivity index (χ3v) is 6.88. The number of halogens is 1. The molecule has 2 aromatic rings. The number of nitrogens with one attached hydrogen (secondary N) is 1. The van der Waals surface area contributed by atoms with Crippen LogP contribution in [0.15, 0.2) is 47.4 Å². The number of rotatable bonds is 7. The van der Waals surface area contributed by atoms with Gasteiger partial charge >= 0.3 is 5.97 Å². The maximum Gasteiger partial charge on any atom is 0.330 e. The first-order valence-electron chi connectivity index (χ1n) is 9.62. The normalized spacial score (nSPS) is 16.4. The second-order valence-corrected chi connectivity index (χ2v) is 9.32. The molecule has 0 radical (unpaired) electrons. The van der Waals surface area contributed by atoms with E-state index in [0.29, 0.717) is 30.7 Å². The predicted molar refractivity (Wildman–Crippen MR) is 116 cm³/mol. The summed E-state index contributed by atoms with van der Waals surface area (Å²) in [4.78, 5) is 11.7. The highest BCUT2D eigenvalue weighted by atomic mass is 35.5. The summed E-state index contributed by atoms with van der Waals surface area (Å²) in [5.74, 6) is -0.444. The minimum atomic E-state index is -3.66. The van der Waals surface area contributed by atoms with Crippen molar-refractivity contribution in [3.8, 4) is 0 Å². The fourth-order valence-electron chi connectivity index (χ4n) is 3.65. The molecular weight excluding hydrogens is 426 g/mol. The molecule has 1 atom stereocenters. The van der Waals surface area contributed by atoms with Crippen LogP contribution in [0, 0.1) is 0 Å². The molecule has 1 aliphatic carbocycles. The Hall–Kier alpha value is -2.19. The smallest absolute Gasteiger partial charge is 0.330 e. The summed E-state index contributed by atoms with van der Waals surface area (Å²) in [7, 11) is -2.34. The van der Waals surface area contributed by atoms with E-state index in [4.69, 9.17) is 11.6 Å². The second-order valence-electron chi connectivity index (χ2n) is 7.17. The van der Waals surface area contributed by atoms with Crippen molar-refractivity contribution in [1.29, 1.82) is 0 Å². The molecule has 30 heavy (non-hydrogen) atoms. The van der Waals surface area contributed by atoms with E-state index in [1.807, 2.05) is 12.1 Å². The number of aliphatic hydroxyl groups excluding tert-OH is 1. The zero-order chi connectivity index (χ0) is 21.7. The fraction of sp³-hybridized carbons (Fsp3) is 0.318. The van der Waals surface area contributed by atoms with E-state index in [1.54, 1.807) is 18.2 Å². The van der Waals surface area contributed by atoms with Crippen LogP contribution in [0.4, 0.5) is 0 Å². The van der Waals surface area contributed by atoms with Crippen molar-refractivity contribution in [2.24, 2.45) is 0 Å². The van der Waals surface area contributed by atoms with Gasteiger partial charge in [-0.05, 0) is 78.3 Å². The average molecular weight is 450 g/mol. The zero-order valence-electron chi connectivity index (χ0n) is 16.6. The molecule has 0 saturated heterocycles. The monoisotopic (exact) mass is 449 g/mol. The van der Waals surface area contributed by atoms with Gasteiger partial charge in [0.05, 0.1) is 12.0 Å². The van der Waals surface area contributed by atoms with Gasteiger partial charge in [0.15, 0.2) is 0 Å². The summed E-state index contributed by atoms with van der Waals surface area (Å²) in [6, 6.07) is 9.77. The lowest BCUT2D eigenvalue weighted by atomic mass is 9.84. The number of ether oxygens (including phenoxy) is 1. The van der Waals surface area contributed by atoms with Crippen molar-refractivity contribution in [3.05, 3.63) is 69.8 Å². The van der Waals surface area contributed by atoms with Crippen LogP contribution in [-0.2, 0) is 38.8 Å². The number of carbonyl (C=O) groups is 1. The van der Waals surface area contributed by atoms with Gasteiger partial charge in [0.2, 0.25) is 10.0 Å². The van der Waals surface area contributed by atoms with E-state index >= 15 is 0 Å². The molecule has 0 fully saturated rings. The standard InChI is InChI=1S/C22H24ClNO5S/c1-29-22(26)9-2-16-12-15(10-11-25)13-17-14-19(5-8-21(16)17)24-30(27,28)20-6-3-18(23)4-7-20/h2-4,6-7,9,12-13,19,24-25H,5,8,10-11,14H2,1H3. The molecule has 0 spiro atoms. The van der Waals surface area contributed by atoms with E-state index in [1.165, 1.54) is 25.3 Å². The van der Waals surface area contributed by atoms with Crippen LogP contribution in [0.1, 0.15) is 28.7 Å². The number of hydrogen-bond acceptors (Lipinski definition) is 5. The third-order valence-electron chi connectivity index (χ3n) is 5.09. The number of fused-ring (bicyclic) bond motifs is 1. The molecule has 1 unspecified atom stereocenters. The summed E-state index contributed by atoms with van der Waals surface area (Å²) >= 11 is 5.85. The Morgan fingerprint density at radius 2 is 2.03 bits per heavy atom. The van der Waals surface area contributed by atoms with Crippen molar-refractivity contribution in [2.75, 3.05) is 13.7 Å². The van der Waals surface area contributed by atoms with E-state index in [9.17, 15) is 18.3 Å². The zero-order valence-corrected chi connectivity index (χ0v) is 18.2. The Morgan fingerprint density at radius 3 is 2.70 bits per heavy atom. The molecular formula is C22H24ClNO5S. The Labute approximate surface area is 181 Å². The molecule has 1 aliphatic rings. The first-order valence-corrected chi connectivity index (χ1v) is 11.5. The van der Waals surface area contributed by atoms with E-state index in [-0.39, 0.29) is 17.5 Å². The van der Waals surface area contributed by atoms with Crippen LogP contribution < -0.4 is 4.72 Å². The Bertz CT molecular complexity index is 1050. The molecule has 0 bridgehead atoms. The molecule has 6 nitrogen and oxygen atoms in total. The Kier molecular flexibility index (Phi) is 7.31. The molecule has 0 aromatic heterocycles. The van der Waals surface area contributed by atoms with Gasteiger partial charge in [-0.1, -0.05) is 23.7 Å². The molecule has 3 rings (SSSR count). The highest BCUT2D eigenvalue weighted by Gasteiger charge is 2.26. The van der Waals surface area contributed by atoms with Gasteiger partial charge in [0.1, 0.15) is 0 Å². The largest absolute Gasteiger partial charge is 0.466 e. The maximum atomic E-state index is 12.7. The van der Waals surface area contributed by atoms with Gasteiger partial charge in [0, 0.05) is 23.7 Å². The number of hydrogen-bond donors (Lipinski definition) is 2. The second kappa shape index (κ2) is 9.75. The van der Waals surface area contributed by atoms with Crippen molar-refractivity contribution >= 4 is 33.7 Å². The average Bonchev–Trinajstić information content (AvgIpc) is 2.71. The molecule has 8 heteroatoms. The topological polar surface area (TPSA) is 92.7 Å². The lowest BCUT2D eigenvalue weighted by Gasteiger charge is -2.27. The number of aliphatic hydroxyl groups is 1. The Morgan fingerprint density at radius 1 is 1.30 bits per heavy atom. The van der Waals surface area contributed by atoms with E-state index in [0.717, 1.165) is 22.3 Å². The van der Waals surface area contributed by atoms with Gasteiger partial charge in [-0.15, -0.1) is 0 Å². The minimum absolute atomic E-state index is 0.00552. The summed E-state index contributed by atoms with van der Waals surface area (Å²) in [6.45, 7) is 0.00552. The number of sulfonamides is 1. The van der Waals surface area contributed by atoms with Crippen LogP contribution >= 0.6 is 11.6 Å². The van der Waals surface area contributed by atoms with Crippen molar-refractivity contribution in [1.82, 2.24) is 4.72 Å². The molecule has 0 heterocycles. The third kappa shape index (κ3) is 5.49. The van der Waals surface area contributed by atoms with Gasteiger partial charge in [-0.2, -0.15) is 0 Å². The van der Waals surface area contributed by atoms with Crippen LogP contribution in [0.3, 0.4) is 0 Å². The van der Waals surface area contributed by atoms with Crippen molar-refractivity contribution in [2.45, 2.75) is 36.6 Å². The number of methoxy groups -OCH3 is 1. The highest BCUT2D eigenvalue weighted by Crippen LogP contribution is 2.29. The number of esters is 1. The van der Waals surface area contributed by atoms with Crippen molar-refractivity contribution < 1.29 is 23.1 Å². The first-order chi connectivity index (χ1) is 14.3. The fourth-order valence-corrected chi connectivity index (χ4v) is 5.04.